The number of rotatable bonds is 2. The van der Waals surface area contributed by atoms with Gasteiger partial charge < -0.3 is 5.32 Å². The van der Waals surface area contributed by atoms with Crippen LogP contribution in [0.25, 0.3) is 0 Å². The average molecular weight is 322 g/mol. The van der Waals surface area contributed by atoms with Crippen molar-refractivity contribution in [2.45, 2.75) is 6.92 Å². The highest BCUT2D eigenvalue weighted by atomic mass is 79.9. The van der Waals surface area contributed by atoms with Gasteiger partial charge in [0.2, 0.25) is 0 Å². The summed E-state index contributed by atoms with van der Waals surface area (Å²) in [5, 5.41) is 12.5. The highest BCUT2D eigenvalue weighted by molar-refractivity contribution is 9.10. The van der Waals surface area contributed by atoms with E-state index in [1.165, 1.54) is 0 Å². The van der Waals surface area contributed by atoms with Gasteiger partial charge in [-0.1, -0.05) is 23.7 Å². The lowest BCUT2D eigenvalue weighted by Crippen LogP contribution is -1.93. The molecule has 0 spiro atoms. The molecule has 0 radical (unpaired) electrons. The number of hydrogen-bond donors (Lipinski definition) is 1. The van der Waals surface area contributed by atoms with Gasteiger partial charge in [-0.05, 0) is 52.7 Å². The Morgan fingerprint density at radius 3 is 2.72 bits per heavy atom. The van der Waals surface area contributed by atoms with Crippen molar-refractivity contribution in [3.8, 4) is 6.07 Å². The number of nitrogens with zero attached hydrogens (tertiary/aromatic N) is 1. The summed E-state index contributed by atoms with van der Waals surface area (Å²) >= 11 is 9.53. The third-order valence-electron chi connectivity index (χ3n) is 2.56. The van der Waals surface area contributed by atoms with Gasteiger partial charge in [-0.25, -0.2) is 0 Å². The molecule has 90 valence electrons. The third kappa shape index (κ3) is 2.66. The summed E-state index contributed by atoms with van der Waals surface area (Å²) in [6.45, 7) is 2.03. The third-order valence-corrected chi connectivity index (χ3v) is 3.93. The Labute approximate surface area is 119 Å². The summed E-state index contributed by atoms with van der Waals surface area (Å²) in [4.78, 5) is 0. The minimum atomic E-state index is 0.450. The molecule has 0 bridgehead atoms. The number of anilines is 2. The van der Waals surface area contributed by atoms with Gasteiger partial charge in [0, 0.05) is 10.2 Å². The van der Waals surface area contributed by atoms with Gasteiger partial charge in [0.25, 0.3) is 0 Å². The molecule has 0 amide bonds. The van der Waals surface area contributed by atoms with Crippen molar-refractivity contribution in [2.24, 2.45) is 0 Å². The highest BCUT2D eigenvalue weighted by Crippen LogP contribution is 2.30. The normalized spacial score (nSPS) is 9.89. The van der Waals surface area contributed by atoms with E-state index in [9.17, 15) is 0 Å². The fourth-order valence-corrected chi connectivity index (χ4v) is 2.17. The zero-order chi connectivity index (χ0) is 13.1. The summed E-state index contributed by atoms with van der Waals surface area (Å²) in [5.74, 6) is 0. The standard InChI is InChI=1S/C14H10BrClN2/c1-9-3-2-4-13(14(9)15)18-11-6-5-10(8-17)12(16)7-11/h2-7,18H,1H3. The average Bonchev–Trinajstić information content (AvgIpc) is 2.35. The van der Waals surface area contributed by atoms with Crippen LogP contribution in [0.2, 0.25) is 5.02 Å². The first-order valence-electron chi connectivity index (χ1n) is 5.33. The molecule has 0 aliphatic heterocycles. The van der Waals surface area contributed by atoms with Crippen LogP contribution in [-0.2, 0) is 0 Å². The van der Waals surface area contributed by atoms with Crippen LogP contribution in [0.5, 0.6) is 0 Å². The number of nitrogens with one attached hydrogen (secondary N) is 1. The number of hydrogen-bond acceptors (Lipinski definition) is 2. The predicted molar refractivity (Wildman–Crippen MR) is 78.3 cm³/mol. The lowest BCUT2D eigenvalue weighted by Gasteiger charge is -2.10. The largest absolute Gasteiger partial charge is 0.355 e. The molecule has 0 atom stereocenters. The summed E-state index contributed by atoms with van der Waals surface area (Å²) < 4.78 is 1.02. The van der Waals surface area contributed by atoms with Gasteiger partial charge in [0.05, 0.1) is 16.3 Å². The second kappa shape index (κ2) is 5.43. The van der Waals surface area contributed by atoms with E-state index in [4.69, 9.17) is 16.9 Å². The van der Waals surface area contributed by atoms with Crippen molar-refractivity contribution in [3.63, 3.8) is 0 Å². The summed E-state index contributed by atoms with van der Waals surface area (Å²) in [6, 6.07) is 13.3. The Hall–Kier alpha value is -1.50. The van der Waals surface area contributed by atoms with Gasteiger partial charge in [-0.15, -0.1) is 0 Å². The topological polar surface area (TPSA) is 35.8 Å². The van der Waals surface area contributed by atoms with Gasteiger partial charge in [0.1, 0.15) is 6.07 Å². The molecular weight excluding hydrogens is 312 g/mol. The van der Waals surface area contributed by atoms with Crippen molar-refractivity contribution >= 4 is 38.9 Å². The molecule has 0 heterocycles. The Kier molecular flexibility index (Phi) is 3.90. The van der Waals surface area contributed by atoms with Crippen LogP contribution in [0.4, 0.5) is 11.4 Å². The van der Waals surface area contributed by atoms with E-state index >= 15 is 0 Å². The second-order valence-electron chi connectivity index (χ2n) is 3.87. The number of benzene rings is 2. The van der Waals surface area contributed by atoms with E-state index in [0.29, 0.717) is 10.6 Å². The van der Waals surface area contributed by atoms with Crippen molar-refractivity contribution < 1.29 is 0 Å². The highest BCUT2D eigenvalue weighted by Gasteiger charge is 2.05. The van der Waals surface area contributed by atoms with E-state index in [1.807, 2.05) is 37.3 Å². The lowest BCUT2D eigenvalue weighted by molar-refractivity contribution is 1.41. The van der Waals surface area contributed by atoms with Crippen molar-refractivity contribution in [2.75, 3.05) is 5.32 Å². The molecule has 0 fully saturated rings. The van der Waals surface area contributed by atoms with Gasteiger partial charge in [0.15, 0.2) is 0 Å². The van der Waals surface area contributed by atoms with Crippen LogP contribution in [-0.4, -0.2) is 0 Å². The van der Waals surface area contributed by atoms with Gasteiger partial charge in [-0.3, -0.25) is 0 Å². The van der Waals surface area contributed by atoms with Crippen molar-refractivity contribution in [3.05, 3.63) is 57.0 Å². The molecule has 0 aliphatic rings. The minimum absolute atomic E-state index is 0.450. The molecule has 18 heavy (non-hydrogen) atoms. The van der Waals surface area contributed by atoms with E-state index in [0.717, 1.165) is 21.4 Å². The molecule has 2 aromatic rings. The molecule has 0 saturated heterocycles. The zero-order valence-corrected chi connectivity index (χ0v) is 12.0. The maximum absolute atomic E-state index is 8.82. The van der Waals surface area contributed by atoms with E-state index < -0.39 is 0 Å². The number of nitriles is 1. The molecule has 4 heteroatoms. The molecule has 2 nitrogen and oxygen atoms in total. The summed E-state index contributed by atoms with van der Waals surface area (Å²) in [7, 11) is 0. The monoisotopic (exact) mass is 320 g/mol. The van der Waals surface area contributed by atoms with Crippen LogP contribution in [0.1, 0.15) is 11.1 Å². The molecule has 0 saturated carbocycles. The fraction of sp³-hybridized carbons (Fsp3) is 0.0714. The van der Waals surface area contributed by atoms with Gasteiger partial charge >= 0.3 is 0 Å². The fourth-order valence-electron chi connectivity index (χ4n) is 1.58. The molecule has 0 unspecified atom stereocenters. The molecule has 0 aliphatic carbocycles. The predicted octanol–water partition coefficient (Wildman–Crippen LogP) is 5.03. The number of halogens is 2. The summed E-state index contributed by atoms with van der Waals surface area (Å²) in [6.07, 6.45) is 0. The quantitative estimate of drug-likeness (QED) is 0.842. The zero-order valence-electron chi connectivity index (χ0n) is 9.67. The van der Waals surface area contributed by atoms with E-state index in [2.05, 4.69) is 21.2 Å². The first-order valence-corrected chi connectivity index (χ1v) is 6.50. The van der Waals surface area contributed by atoms with Crippen molar-refractivity contribution in [1.29, 1.82) is 5.26 Å². The first-order chi connectivity index (χ1) is 8.61. The second-order valence-corrected chi connectivity index (χ2v) is 5.07. The van der Waals surface area contributed by atoms with E-state index in [-0.39, 0.29) is 0 Å². The number of aryl methyl sites for hydroxylation is 1. The Bertz CT molecular complexity index is 632. The van der Waals surface area contributed by atoms with Gasteiger partial charge in [-0.2, -0.15) is 5.26 Å². The molecule has 2 aromatic carbocycles. The van der Waals surface area contributed by atoms with Crippen LogP contribution in [0, 0.1) is 18.3 Å². The Morgan fingerprint density at radius 2 is 2.06 bits per heavy atom. The maximum atomic E-state index is 8.82. The smallest absolute Gasteiger partial charge is 0.101 e. The van der Waals surface area contributed by atoms with Crippen LogP contribution in [0.3, 0.4) is 0 Å². The minimum Gasteiger partial charge on any atom is -0.355 e. The lowest BCUT2D eigenvalue weighted by atomic mass is 10.2. The van der Waals surface area contributed by atoms with Crippen LogP contribution in [0.15, 0.2) is 40.9 Å². The molecule has 1 N–H and O–H groups in total. The van der Waals surface area contributed by atoms with Crippen LogP contribution >= 0.6 is 27.5 Å². The molecule has 0 aromatic heterocycles. The summed E-state index contributed by atoms with van der Waals surface area (Å²) in [5.41, 5.74) is 3.45. The van der Waals surface area contributed by atoms with E-state index in [1.54, 1.807) is 12.1 Å². The Balaban J connectivity index is 2.32. The van der Waals surface area contributed by atoms with Crippen LogP contribution < -0.4 is 5.32 Å². The molecular formula is C14H10BrClN2. The Morgan fingerprint density at radius 1 is 1.28 bits per heavy atom. The first kappa shape index (κ1) is 12.9. The molecule has 2 rings (SSSR count). The SMILES string of the molecule is Cc1cccc(Nc2ccc(C#N)c(Cl)c2)c1Br. The van der Waals surface area contributed by atoms with Crippen molar-refractivity contribution in [1.82, 2.24) is 0 Å². The maximum Gasteiger partial charge on any atom is 0.101 e.